The maximum absolute atomic E-state index is 5.65. The van der Waals surface area contributed by atoms with Crippen LogP contribution in [0.2, 0.25) is 0 Å². The van der Waals surface area contributed by atoms with E-state index in [9.17, 15) is 0 Å². The first kappa shape index (κ1) is 11.4. The van der Waals surface area contributed by atoms with Gasteiger partial charge in [-0.05, 0) is 20.3 Å². The Labute approximate surface area is 90.1 Å². The molecule has 4 heteroatoms. The summed E-state index contributed by atoms with van der Waals surface area (Å²) < 4.78 is 5.34. The summed E-state index contributed by atoms with van der Waals surface area (Å²) in [5.41, 5.74) is 0.828. The van der Waals surface area contributed by atoms with Gasteiger partial charge in [0.1, 0.15) is 6.26 Å². The van der Waals surface area contributed by atoms with Crippen LogP contribution in [0.5, 0.6) is 0 Å². The van der Waals surface area contributed by atoms with E-state index >= 15 is 0 Å². The molecule has 0 N–H and O–H groups in total. The SMILES string of the molecule is CCC(C)(C)N(C)c1nc(CCl)co1. The highest BCUT2D eigenvalue weighted by Gasteiger charge is 2.24. The summed E-state index contributed by atoms with van der Waals surface area (Å²) >= 11 is 5.65. The van der Waals surface area contributed by atoms with Gasteiger partial charge < -0.3 is 9.32 Å². The average Bonchev–Trinajstić information content (AvgIpc) is 2.64. The maximum atomic E-state index is 5.65. The topological polar surface area (TPSA) is 29.3 Å². The van der Waals surface area contributed by atoms with Crippen molar-refractivity contribution in [2.24, 2.45) is 0 Å². The highest BCUT2D eigenvalue weighted by atomic mass is 35.5. The van der Waals surface area contributed by atoms with Crippen molar-refractivity contribution in [2.75, 3.05) is 11.9 Å². The molecule has 1 rings (SSSR count). The van der Waals surface area contributed by atoms with Gasteiger partial charge in [0, 0.05) is 12.6 Å². The van der Waals surface area contributed by atoms with Crippen LogP contribution in [0.3, 0.4) is 0 Å². The molecule has 0 fully saturated rings. The fraction of sp³-hybridized carbons (Fsp3) is 0.700. The predicted octanol–water partition coefficient (Wildman–Crippen LogP) is 3.04. The Kier molecular flexibility index (Phi) is 3.43. The van der Waals surface area contributed by atoms with Crippen molar-refractivity contribution in [1.29, 1.82) is 0 Å². The first-order valence-electron chi connectivity index (χ1n) is 4.75. The lowest BCUT2D eigenvalue weighted by Crippen LogP contribution is -2.40. The monoisotopic (exact) mass is 216 g/mol. The molecule has 0 atom stereocenters. The van der Waals surface area contributed by atoms with E-state index in [4.69, 9.17) is 16.0 Å². The number of hydrogen-bond acceptors (Lipinski definition) is 3. The molecule has 80 valence electrons. The van der Waals surface area contributed by atoms with Gasteiger partial charge in [0.25, 0.3) is 6.01 Å². The third-order valence-electron chi connectivity index (χ3n) is 2.74. The molecule has 1 aromatic rings. The number of nitrogens with zero attached hydrogens (tertiary/aromatic N) is 2. The fourth-order valence-electron chi connectivity index (χ4n) is 1.01. The number of rotatable bonds is 4. The van der Waals surface area contributed by atoms with E-state index in [1.165, 1.54) is 0 Å². The molecule has 0 bridgehead atoms. The normalized spacial score (nSPS) is 11.8. The second kappa shape index (κ2) is 4.22. The molecule has 0 aliphatic heterocycles. The molecule has 0 aliphatic carbocycles. The number of hydrogen-bond donors (Lipinski definition) is 0. The molecular formula is C10H17ClN2O. The van der Waals surface area contributed by atoms with Crippen molar-refractivity contribution in [3.8, 4) is 0 Å². The molecule has 3 nitrogen and oxygen atoms in total. The van der Waals surface area contributed by atoms with Gasteiger partial charge in [0.2, 0.25) is 0 Å². The first-order chi connectivity index (χ1) is 6.51. The molecule has 0 aromatic carbocycles. The van der Waals surface area contributed by atoms with E-state index in [0.29, 0.717) is 11.9 Å². The van der Waals surface area contributed by atoms with Crippen molar-refractivity contribution in [1.82, 2.24) is 4.98 Å². The van der Waals surface area contributed by atoms with Gasteiger partial charge in [-0.2, -0.15) is 4.98 Å². The Hall–Kier alpha value is -0.700. The van der Waals surface area contributed by atoms with Gasteiger partial charge in [-0.3, -0.25) is 0 Å². The van der Waals surface area contributed by atoms with E-state index in [1.807, 2.05) is 11.9 Å². The van der Waals surface area contributed by atoms with Crippen molar-refractivity contribution in [2.45, 2.75) is 38.6 Å². The van der Waals surface area contributed by atoms with Gasteiger partial charge in [-0.25, -0.2) is 0 Å². The second-order valence-corrected chi connectivity index (χ2v) is 4.25. The minimum Gasteiger partial charge on any atom is -0.432 e. The van der Waals surface area contributed by atoms with Crippen LogP contribution in [-0.2, 0) is 5.88 Å². The molecule has 0 radical (unpaired) electrons. The Balaban J connectivity index is 2.83. The summed E-state index contributed by atoms with van der Waals surface area (Å²) in [5, 5.41) is 0. The molecule has 0 saturated carbocycles. The summed E-state index contributed by atoms with van der Waals surface area (Å²) in [6.07, 6.45) is 2.63. The number of aromatic nitrogens is 1. The van der Waals surface area contributed by atoms with Crippen LogP contribution in [0.25, 0.3) is 0 Å². The van der Waals surface area contributed by atoms with Gasteiger partial charge in [-0.1, -0.05) is 6.92 Å². The lowest BCUT2D eigenvalue weighted by atomic mass is 10.0. The van der Waals surface area contributed by atoms with Crippen LogP contribution in [0.1, 0.15) is 32.9 Å². The van der Waals surface area contributed by atoms with Crippen molar-refractivity contribution in [3.63, 3.8) is 0 Å². The third-order valence-corrected chi connectivity index (χ3v) is 3.01. The fourth-order valence-corrected chi connectivity index (χ4v) is 1.13. The van der Waals surface area contributed by atoms with Crippen LogP contribution in [0.15, 0.2) is 10.7 Å². The minimum absolute atomic E-state index is 0.0500. The van der Waals surface area contributed by atoms with Crippen LogP contribution < -0.4 is 4.90 Å². The Bertz CT molecular complexity index is 296. The number of halogens is 1. The van der Waals surface area contributed by atoms with Gasteiger partial charge in [0.05, 0.1) is 11.6 Å². The van der Waals surface area contributed by atoms with Crippen LogP contribution in [0.4, 0.5) is 6.01 Å². The smallest absolute Gasteiger partial charge is 0.297 e. The zero-order valence-corrected chi connectivity index (χ0v) is 9.93. The summed E-state index contributed by atoms with van der Waals surface area (Å²) in [6, 6.07) is 0.632. The van der Waals surface area contributed by atoms with E-state index in [1.54, 1.807) is 6.26 Å². The molecule has 14 heavy (non-hydrogen) atoms. The summed E-state index contributed by atoms with van der Waals surface area (Å²) in [6.45, 7) is 6.44. The number of alkyl halides is 1. The lowest BCUT2D eigenvalue weighted by molar-refractivity contribution is 0.424. The summed E-state index contributed by atoms with van der Waals surface area (Å²) in [5.74, 6) is 0.393. The maximum Gasteiger partial charge on any atom is 0.297 e. The molecule has 0 aliphatic rings. The molecule has 1 aromatic heterocycles. The van der Waals surface area contributed by atoms with Crippen LogP contribution >= 0.6 is 11.6 Å². The molecule has 0 spiro atoms. The predicted molar refractivity (Wildman–Crippen MR) is 58.8 cm³/mol. The quantitative estimate of drug-likeness (QED) is 0.725. The largest absolute Gasteiger partial charge is 0.432 e. The van der Waals surface area contributed by atoms with E-state index in [2.05, 4.69) is 25.8 Å². The van der Waals surface area contributed by atoms with Gasteiger partial charge in [0.15, 0.2) is 0 Å². The molecule has 1 heterocycles. The van der Waals surface area contributed by atoms with E-state index < -0.39 is 0 Å². The van der Waals surface area contributed by atoms with Gasteiger partial charge in [-0.15, -0.1) is 11.6 Å². The number of oxazole rings is 1. The second-order valence-electron chi connectivity index (χ2n) is 3.98. The van der Waals surface area contributed by atoms with Crippen molar-refractivity contribution >= 4 is 17.6 Å². The average molecular weight is 217 g/mol. The lowest BCUT2D eigenvalue weighted by Gasteiger charge is -2.33. The molecule has 0 amide bonds. The van der Waals surface area contributed by atoms with Crippen LogP contribution in [0, 0.1) is 0 Å². The van der Waals surface area contributed by atoms with Crippen molar-refractivity contribution in [3.05, 3.63) is 12.0 Å². The highest BCUT2D eigenvalue weighted by Crippen LogP contribution is 2.24. The Morgan fingerprint density at radius 3 is 2.64 bits per heavy atom. The Morgan fingerprint density at radius 2 is 2.21 bits per heavy atom. The van der Waals surface area contributed by atoms with E-state index in [0.717, 1.165) is 12.1 Å². The Morgan fingerprint density at radius 1 is 1.57 bits per heavy atom. The third kappa shape index (κ3) is 2.21. The zero-order chi connectivity index (χ0) is 10.8. The molecule has 0 saturated heterocycles. The highest BCUT2D eigenvalue weighted by molar-refractivity contribution is 6.16. The molecule has 0 unspecified atom stereocenters. The number of anilines is 1. The molecular weight excluding hydrogens is 200 g/mol. The summed E-state index contributed by atoms with van der Waals surface area (Å²) in [4.78, 5) is 6.30. The van der Waals surface area contributed by atoms with Gasteiger partial charge >= 0.3 is 0 Å². The zero-order valence-electron chi connectivity index (χ0n) is 9.17. The minimum atomic E-state index is 0.0500. The van der Waals surface area contributed by atoms with Crippen LogP contribution in [-0.4, -0.2) is 17.6 Å². The first-order valence-corrected chi connectivity index (χ1v) is 5.29. The van der Waals surface area contributed by atoms with Crippen molar-refractivity contribution < 1.29 is 4.42 Å². The van der Waals surface area contributed by atoms with E-state index in [-0.39, 0.29) is 5.54 Å². The summed E-state index contributed by atoms with van der Waals surface area (Å²) in [7, 11) is 1.98. The standard InChI is InChI=1S/C10H17ClN2O/c1-5-10(2,3)13(4)9-12-8(6-11)7-14-9/h7H,5-6H2,1-4H3.